The predicted molar refractivity (Wildman–Crippen MR) is 41.2 cm³/mol. The average molecular weight is 276 g/mol. The van der Waals surface area contributed by atoms with Gasteiger partial charge in [-0.1, -0.05) is 0 Å². The molecular formula is C5H2Br2F2O. The second-order valence-corrected chi connectivity index (χ2v) is 2.79. The van der Waals surface area contributed by atoms with Crippen LogP contribution in [0.2, 0.25) is 0 Å². The van der Waals surface area contributed by atoms with Gasteiger partial charge in [0.15, 0.2) is 15.3 Å². The van der Waals surface area contributed by atoms with Crippen LogP contribution in [0.25, 0.3) is 0 Å². The zero-order valence-electron chi connectivity index (χ0n) is 4.57. The third-order valence-corrected chi connectivity index (χ3v) is 0.961. The van der Waals surface area contributed by atoms with Crippen LogP contribution < -0.4 is 0 Å². The Morgan fingerprint density at radius 3 is 1.60 bits per heavy atom. The van der Waals surface area contributed by atoms with Crippen molar-refractivity contribution in [2.24, 2.45) is 0 Å². The predicted octanol–water partition coefficient (Wildman–Crippen LogP) is 2.97. The molecule has 0 unspecified atom stereocenters. The first-order valence-corrected chi connectivity index (χ1v) is 3.70. The van der Waals surface area contributed by atoms with E-state index in [2.05, 4.69) is 31.9 Å². The Morgan fingerprint density at radius 2 is 1.40 bits per heavy atom. The molecule has 0 aliphatic rings. The lowest BCUT2D eigenvalue weighted by molar-refractivity contribution is -0.110. The normalized spacial score (nSPS) is 13.6. The number of rotatable bonds is 2. The molecule has 1 nitrogen and oxygen atoms in total. The van der Waals surface area contributed by atoms with Crippen molar-refractivity contribution >= 4 is 37.6 Å². The average Bonchev–Trinajstić information content (AvgIpc) is 1.58. The van der Waals surface area contributed by atoms with E-state index in [1.165, 1.54) is 0 Å². The largest absolute Gasteiger partial charge is 0.290 e. The number of carbonyl (C=O) groups excluding carboxylic acids is 1. The van der Waals surface area contributed by atoms with Crippen LogP contribution in [0.3, 0.4) is 0 Å². The van der Waals surface area contributed by atoms with Crippen molar-refractivity contribution in [1.82, 2.24) is 0 Å². The van der Waals surface area contributed by atoms with Crippen LogP contribution in [0.1, 0.15) is 0 Å². The number of hydrogen-bond acceptors (Lipinski definition) is 1. The summed E-state index contributed by atoms with van der Waals surface area (Å²) in [6.07, 6.45) is 1.22. The Morgan fingerprint density at radius 1 is 1.10 bits per heavy atom. The minimum atomic E-state index is -0.831. The number of halogens is 4. The fourth-order valence-corrected chi connectivity index (χ4v) is 0.708. The molecule has 56 valence electrons. The lowest BCUT2D eigenvalue weighted by Gasteiger charge is -1.80. The van der Waals surface area contributed by atoms with Gasteiger partial charge in [0.25, 0.3) is 0 Å². The quantitative estimate of drug-likeness (QED) is 0.708. The van der Waals surface area contributed by atoms with Crippen LogP contribution in [0, 0.1) is 0 Å². The second-order valence-electron chi connectivity index (χ2n) is 1.27. The van der Waals surface area contributed by atoms with Crippen LogP contribution in [0.4, 0.5) is 8.78 Å². The van der Waals surface area contributed by atoms with E-state index >= 15 is 0 Å². The van der Waals surface area contributed by atoms with Gasteiger partial charge in [-0.05, 0) is 31.9 Å². The topological polar surface area (TPSA) is 17.1 Å². The van der Waals surface area contributed by atoms with Gasteiger partial charge >= 0.3 is 0 Å². The molecule has 10 heavy (non-hydrogen) atoms. The molecule has 0 saturated carbocycles. The van der Waals surface area contributed by atoms with Gasteiger partial charge in [0.2, 0.25) is 0 Å². The fourth-order valence-electron chi connectivity index (χ4n) is 0.257. The molecule has 0 N–H and O–H groups in total. The Bertz CT molecular complexity index is 170. The van der Waals surface area contributed by atoms with Crippen molar-refractivity contribution < 1.29 is 13.6 Å². The lowest BCUT2D eigenvalue weighted by Crippen LogP contribution is -1.84. The summed E-state index contributed by atoms with van der Waals surface area (Å²) in [7, 11) is 0. The van der Waals surface area contributed by atoms with Gasteiger partial charge < -0.3 is 0 Å². The van der Waals surface area contributed by atoms with E-state index in [-0.39, 0.29) is 0 Å². The third kappa shape index (κ3) is 6.10. The zero-order valence-corrected chi connectivity index (χ0v) is 7.75. The number of hydrogen-bond donors (Lipinski definition) is 0. The minimum Gasteiger partial charge on any atom is -0.290 e. The molecule has 0 fully saturated rings. The Labute approximate surface area is 73.0 Å². The van der Waals surface area contributed by atoms with Crippen molar-refractivity contribution in [1.29, 1.82) is 0 Å². The summed E-state index contributed by atoms with van der Waals surface area (Å²) in [4.78, 5) is 10.4. The monoisotopic (exact) mass is 274 g/mol. The van der Waals surface area contributed by atoms with Gasteiger partial charge in [-0.3, -0.25) is 4.79 Å². The van der Waals surface area contributed by atoms with Crippen molar-refractivity contribution in [3.05, 3.63) is 21.6 Å². The highest BCUT2D eigenvalue weighted by Gasteiger charge is 1.95. The van der Waals surface area contributed by atoms with E-state index in [0.717, 1.165) is 0 Å². The third-order valence-electron chi connectivity index (χ3n) is 0.503. The highest BCUT2D eigenvalue weighted by atomic mass is 79.9. The lowest BCUT2D eigenvalue weighted by atomic mass is 10.4. The van der Waals surface area contributed by atoms with Gasteiger partial charge in [-0.2, -0.15) is 8.78 Å². The molecule has 0 radical (unpaired) electrons. The molecule has 0 rings (SSSR count). The minimum absolute atomic E-state index is 0.612. The number of ketones is 1. The van der Waals surface area contributed by atoms with Crippen LogP contribution >= 0.6 is 31.9 Å². The van der Waals surface area contributed by atoms with E-state index in [9.17, 15) is 13.6 Å². The van der Waals surface area contributed by atoms with Gasteiger partial charge in [0.1, 0.15) is 0 Å². The van der Waals surface area contributed by atoms with Crippen molar-refractivity contribution in [3.63, 3.8) is 0 Å². The van der Waals surface area contributed by atoms with Crippen molar-refractivity contribution in [3.8, 4) is 0 Å². The summed E-state index contributed by atoms with van der Waals surface area (Å²) in [6.45, 7) is 0. The summed E-state index contributed by atoms with van der Waals surface area (Å²) in [5, 5.41) is 0. The summed E-state index contributed by atoms with van der Waals surface area (Å²) >= 11 is 4.74. The standard InChI is InChI=1S/C5H2Br2F2O/c6-4(8)1-3(10)2-5(7)9/h1-2H. The van der Waals surface area contributed by atoms with Crippen molar-refractivity contribution in [2.75, 3.05) is 0 Å². The molecule has 0 saturated heterocycles. The van der Waals surface area contributed by atoms with E-state index < -0.39 is 15.3 Å². The van der Waals surface area contributed by atoms with Crippen LogP contribution in [0.15, 0.2) is 21.6 Å². The molecule has 0 aliphatic heterocycles. The van der Waals surface area contributed by atoms with Gasteiger partial charge in [0, 0.05) is 12.2 Å². The highest BCUT2D eigenvalue weighted by molar-refractivity contribution is 9.11. The van der Waals surface area contributed by atoms with Crippen LogP contribution in [0.5, 0.6) is 0 Å². The van der Waals surface area contributed by atoms with E-state index in [4.69, 9.17) is 0 Å². The Hall–Kier alpha value is -0.0300. The van der Waals surface area contributed by atoms with E-state index in [1.807, 2.05) is 0 Å². The van der Waals surface area contributed by atoms with Gasteiger partial charge in [-0.15, -0.1) is 0 Å². The summed E-state index contributed by atoms with van der Waals surface area (Å²) in [5.74, 6) is -0.760. The van der Waals surface area contributed by atoms with Crippen molar-refractivity contribution in [2.45, 2.75) is 0 Å². The molecule has 0 bridgehead atoms. The first-order chi connectivity index (χ1) is 4.52. The first-order valence-electron chi connectivity index (χ1n) is 2.11. The molecule has 0 heterocycles. The molecule has 0 atom stereocenters. The second kappa shape index (κ2) is 4.73. The summed E-state index contributed by atoms with van der Waals surface area (Å²) in [5.41, 5.74) is 0. The highest BCUT2D eigenvalue weighted by Crippen LogP contribution is 2.08. The van der Waals surface area contributed by atoms with Gasteiger partial charge in [-0.25, -0.2) is 0 Å². The zero-order chi connectivity index (χ0) is 8.15. The van der Waals surface area contributed by atoms with Gasteiger partial charge in [0.05, 0.1) is 0 Å². The first kappa shape index (κ1) is 9.97. The summed E-state index contributed by atoms with van der Waals surface area (Å²) < 4.78 is 21.9. The van der Waals surface area contributed by atoms with E-state index in [0.29, 0.717) is 12.2 Å². The maximum Gasteiger partial charge on any atom is 0.185 e. The molecule has 0 amide bonds. The maximum absolute atomic E-state index is 11.8. The Kier molecular flexibility index (Phi) is 4.72. The van der Waals surface area contributed by atoms with Crippen LogP contribution in [-0.4, -0.2) is 5.78 Å². The molecule has 0 aromatic heterocycles. The molecule has 0 aromatic rings. The molecule has 0 aromatic carbocycles. The molecule has 0 spiro atoms. The fraction of sp³-hybridized carbons (Fsp3) is 0. The number of allylic oxidation sites excluding steroid dienone is 2. The number of carbonyl (C=O) groups is 1. The van der Waals surface area contributed by atoms with E-state index in [1.54, 1.807) is 0 Å². The summed E-state index contributed by atoms with van der Waals surface area (Å²) in [6, 6.07) is 0. The smallest absolute Gasteiger partial charge is 0.185 e. The van der Waals surface area contributed by atoms with Crippen LogP contribution in [-0.2, 0) is 4.79 Å². The molecule has 0 aliphatic carbocycles. The molecular weight excluding hydrogens is 274 g/mol. The SMILES string of the molecule is O=C(C=C(F)Br)C=C(F)Br. The molecule has 5 heteroatoms. The maximum atomic E-state index is 11.8. The Balaban J connectivity index is 4.14.